The van der Waals surface area contributed by atoms with Gasteiger partial charge in [0.15, 0.2) is 0 Å². The summed E-state index contributed by atoms with van der Waals surface area (Å²) in [7, 11) is 1.74. The number of ether oxygens (including phenoxy) is 1. The van der Waals surface area contributed by atoms with Crippen LogP contribution in [-0.4, -0.2) is 12.1 Å². The van der Waals surface area contributed by atoms with E-state index < -0.39 is 0 Å². The van der Waals surface area contributed by atoms with Gasteiger partial charge in [-0.2, -0.15) is 0 Å². The third-order valence-electron chi connectivity index (χ3n) is 4.76. The molecule has 1 aromatic carbocycles. The Morgan fingerprint density at radius 1 is 1.25 bits per heavy atom. The predicted octanol–water partition coefficient (Wildman–Crippen LogP) is 5.11. The van der Waals surface area contributed by atoms with Crippen LogP contribution in [0, 0.1) is 11.3 Å². The van der Waals surface area contributed by atoms with Crippen LogP contribution >= 0.6 is 0 Å². The molecule has 20 heavy (non-hydrogen) atoms. The number of rotatable bonds is 2. The maximum Gasteiger partial charge on any atom is 0.142 e. The summed E-state index contributed by atoms with van der Waals surface area (Å²) in [5, 5.41) is 1.33. The van der Waals surface area contributed by atoms with Crippen molar-refractivity contribution in [2.24, 2.45) is 11.3 Å². The van der Waals surface area contributed by atoms with Crippen molar-refractivity contribution in [1.29, 1.82) is 0 Å². The largest absolute Gasteiger partial charge is 0.495 e. The Morgan fingerprint density at radius 2 is 2.05 bits per heavy atom. The normalized spacial score (nSPS) is 25.8. The van der Waals surface area contributed by atoms with Crippen molar-refractivity contribution < 1.29 is 4.74 Å². The molecule has 2 heteroatoms. The first-order valence-electron chi connectivity index (χ1n) is 7.64. The highest BCUT2D eigenvalue weighted by Gasteiger charge is 2.33. The summed E-state index contributed by atoms with van der Waals surface area (Å²) in [5.41, 5.74) is 3.06. The molecule has 1 heterocycles. The Hall–Kier alpha value is -1.44. The van der Waals surface area contributed by atoms with Crippen molar-refractivity contribution in [3.8, 4) is 5.75 Å². The number of hydrogen-bond donors (Lipinski definition) is 1. The molecule has 1 fully saturated rings. The maximum absolute atomic E-state index is 5.46. The van der Waals surface area contributed by atoms with Crippen LogP contribution in [0.1, 0.15) is 51.5 Å². The van der Waals surface area contributed by atoms with Crippen LogP contribution in [0.15, 0.2) is 24.4 Å². The first-order chi connectivity index (χ1) is 9.50. The fraction of sp³-hybridized carbons (Fsp3) is 0.556. The van der Waals surface area contributed by atoms with Gasteiger partial charge in [-0.1, -0.05) is 32.9 Å². The second-order valence-electron chi connectivity index (χ2n) is 7.24. The van der Waals surface area contributed by atoms with Crippen LogP contribution < -0.4 is 4.74 Å². The molecule has 1 aliphatic carbocycles. The molecule has 0 radical (unpaired) electrons. The van der Waals surface area contributed by atoms with E-state index in [1.165, 1.54) is 30.2 Å². The van der Waals surface area contributed by atoms with Crippen LogP contribution in [0.3, 0.4) is 0 Å². The molecule has 1 saturated carbocycles. The van der Waals surface area contributed by atoms with Crippen LogP contribution in [0.4, 0.5) is 0 Å². The highest BCUT2D eigenvalue weighted by molar-refractivity contribution is 5.88. The van der Waals surface area contributed by atoms with Gasteiger partial charge in [-0.3, -0.25) is 0 Å². The first-order valence-corrected chi connectivity index (χ1v) is 7.64. The lowest BCUT2D eigenvalue weighted by atomic mass is 9.66. The van der Waals surface area contributed by atoms with Crippen LogP contribution in [0.2, 0.25) is 0 Å². The fourth-order valence-electron chi connectivity index (χ4n) is 4.24. The van der Waals surface area contributed by atoms with Gasteiger partial charge >= 0.3 is 0 Å². The van der Waals surface area contributed by atoms with E-state index in [9.17, 15) is 0 Å². The lowest BCUT2D eigenvalue weighted by Crippen LogP contribution is -2.26. The molecule has 0 bridgehead atoms. The first kappa shape index (κ1) is 13.5. The van der Waals surface area contributed by atoms with Gasteiger partial charge in [0.1, 0.15) is 5.75 Å². The van der Waals surface area contributed by atoms with Crippen LogP contribution in [0.5, 0.6) is 5.75 Å². The topological polar surface area (TPSA) is 25.0 Å². The monoisotopic (exact) mass is 271 g/mol. The Balaban J connectivity index is 2.02. The third-order valence-corrected chi connectivity index (χ3v) is 4.76. The van der Waals surface area contributed by atoms with E-state index in [0.29, 0.717) is 11.3 Å². The second kappa shape index (κ2) is 4.83. The fourth-order valence-corrected chi connectivity index (χ4v) is 4.24. The van der Waals surface area contributed by atoms with Crippen molar-refractivity contribution in [3.05, 3.63) is 30.0 Å². The summed E-state index contributed by atoms with van der Waals surface area (Å²) in [6, 6.07) is 6.34. The SMILES string of the molecule is COc1cccc2c(C3CC(C)CC(C)(C)C3)c[nH]c12. The molecular weight excluding hydrogens is 246 g/mol. The Bertz CT molecular complexity index is 611. The smallest absolute Gasteiger partial charge is 0.142 e. The van der Waals surface area contributed by atoms with Gasteiger partial charge in [0.2, 0.25) is 0 Å². The molecule has 0 amide bonds. The van der Waals surface area contributed by atoms with Gasteiger partial charge in [-0.25, -0.2) is 0 Å². The number of aromatic nitrogens is 1. The molecule has 0 saturated heterocycles. The molecule has 1 aromatic heterocycles. The Morgan fingerprint density at radius 3 is 2.75 bits per heavy atom. The van der Waals surface area contributed by atoms with Crippen molar-refractivity contribution in [3.63, 3.8) is 0 Å². The van der Waals surface area contributed by atoms with E-state index >= 15 is 0 Å². The highest BCUT2D eigenvalue weighted by atomic mass is 16.5. The molecule has 1 N–H and O–H groups in total. The molecule has 0 spiro atoms. The van der Waals surface area contributed by atoms with Gasteiger partial charge in [-0.15, -0.1) is 0 Å². The zero-order valence-electron chi connectivity index (χ0n) is 13.0. The second-order valence-corrected chi connectivity index (χ2v) is 7.24. The van der Waals surface area contributed by atoms with Gasteiger partial charge in [0, 0.05) is 11.6 Å². The molecule has 2 aromatic rings. The van der Waals surface area contributed by atoms with Gasteiger partial charge < -0.3 is 9.72 Å². The zero-order chi connectivity index (χ0) is 14.3. The number of para-hydroxylation sites is 1. The van der Waals surface area contributed by atoms with Crippen molar-refractivity contribution in [2.45, 2.75) is 46.0 Å². The van der Waals surface area contributed by atoms with E-state index in [0.717, 1.165) is 17.2 Å². The zero-order valence-corrected chi connectivity index (χ0v) is 13.0. The van der Waals surface area contributed by atoms with E-state index in [1.807, 2.05) is 6.07 Å². The third kappa shape index (κ3) is 2.32. The van der Waals surface area contributed by atoms with E-state index in [-0.39, 0.29) is 0 Å². The summed E-state index contributed by atoms with van der Waals surface area (Å²) < 4.78 is 5.46. The summed E-state index contributed by atoms with van der Waals surface area (Å²) in [6.45, 7) is 7.21. The van der Waals surface area contributed by atoms with E-state index in [2.05, 4.69) is 44.1 Å². The number of fused-ring (bicyclic) bond motifs is 1. The predicted molar refractivity (Wildman–Crippen MR) is 84.4 cm³/mol. The minimum absolute atomic E-state index is 0.449. The van der Waals surface area contributed by atoms with E-state index in [4.69, 9.17) is 4.74 Å². The van der Waals surface area contributed by atoms with Crippen LogP contribution in [0.25, 0.3) is 10.9 Å². The molecule has 2 atom stereocenters. The molecule has 2 nitrogen and oxygen atoms in total. The summed E-state index contributed by atoms with van der Waals surface area (Å²) in [6.07, 6.45) is 6.12. The van der Waals surface area contributed by atoms with Crippen molar-refractivity contribution in [1.82, 2.24) is 4.98 Å². The Kier molecular flexibility index (Phi) is 3.27. The lowest BCUT2D eigenvalue weighted by molar-refractivity contribution is 0.169. The number of benzene rings is 1. The number of methoxy groups -OCH3 is 1. The quantitative estimate of drug-likeness (QED) is 0.807. The molecule has 2 unspecified atom stereocenters. The van der Waals surface area contributed by atoms with Crippen molar-refractivity contribution >= 4 is 10.9 Å². The summed E-state index contributed by atoms with van der Waals surface area (Å²) in [4.78, 5) is 3.42. The number of nitrogens with one attached hydrogen (secondary N) is 1. The summed E-state index contributed by atoms with van der Waals surface area (Å²) in [5.74, 6) is 2.41. The minimum atomic E-state index is 0.449. The number of aromatic amines is 1. The number of hydrogen-bond acceptors (Lipinski definition) is 1. The van der Waals surface area contributed by atoms with Crippen LogP contribution in [-0.2, 0) is 0 Å². The summed E-state index contributed by atoms with van der Waals surface area (Å²) >= 11 is 0. The maximum atomic E-state index is 5.46. The molecule has 3 rings (SSSR count). The molecule has 0 aliphatic heterocycles. The average Bonchev–Trinajstić information content (AvgIpc) is 2.79. The molecular formula is C18H25NO. The lowest BCUT2D eigenvalue weighted by Gasteiger charge is -2.39. The number of H-pyrrole nitrogens is 1. The van der Waals surface area contributed by atoms with Gasteiger partial charge in [0.05, 0.1) is 12.6 Å². The molecule has 1 aliphatic rings. The standard InChI is InChI=1S/C18H25NO/c1-12-8-13(10-18(2,3)9-12)15-11-19-17-14(15)6-5-7-16(17)20-4/h5-7,11-13,19H,8-10H2,1-4H3. The van der Waals surface area contributed by atoms with Crippen molar-refractivity contribution in [2.75, 3.05) is 7.11 Å². The minimum Gasteiger partial charge on any atom is -0.495 e. The highest BCUT2D eigenvalue weighted by Crippen LogP contribution is 2.47. The average molecular weight is 271 g/mol. The van der Waals surface area contributed by atoms with E-state index in [1.54, 1.807) is 7.11 Å². The molecule has 108 valence electrons. The van der Waals surface area contributed by atoms with Gasteiger partial charge in [0.25, 0.3) is 0 Å². The van der Waals surface area contributed by atoms with Gasteiger partial charge in [-0.05, 0) is 48.1 Å². The Labute approximate surface area is 121 Å².